The standard InChI is InChI=1S/C29H30F4O3/c1-3-35-17-21-10-13-23(27(31)26(21)30)19-6-4-18(5-7-19)16-36-25-15-14-24(28(32)29(25)33)20-8-11-22(34-2)12-9-20/h4-7,10,13-15,20,22H,3,8-9,11-12,16-17H2,1-2H3. The van der Waals surface area contributed by atoms with Gasteiger partial charge < -0.3 is 14.2 Å². The van der Waals surface area contributed by atoms with Gasteiger partial charge in [0.05, 0.1) is 12.7 Å². The van der Waals surface area contributed by atoms with E-state index in [1.165, 1.54) is 18.2 Å². The Morgan fingerprint density at radius 2 is 1.47 bits per heavy atom. The van der Waals surface area contributed by atoms with E-state index in [0.717, 1.165) is 25.7 Å². The molecule has 0 heterocycles. The number of rotatable bonds is 9. The van der Waals surface area contributed by atoms with E-state index < -0.39 is 23.3 Å². The quantitative estimate of drug-likeness (QED) is 0.281. The molecule has 0 aromatic heterocycles. The zero-order valence-electron chi connectivity index (χ0n) is 20.5. The van der Waals surface area contributed by atoms with Crippen molar-refractivity contribution in [3.05, 3.63) is 88.5 Å². The summed E-state index contributed by atoms with van der Waals surface area (Å²) in [6.07, 6.45) is 3.33. The van der Waals surface area contributed by atoms with Crippen molar-refractivity contribution in [2.24, 2.45) is 0 Å². The molecule has 0 amide bonds. The van der Waals surface area contributed by atoms with E-state index >= 15 is 0 Å². The number of halogens is 4. The predicted octanol–water partition coefficient (Wildman–Crippen LogP) is 7.70. The molecule has 0 N–H and O–H groups in total. The van der Waals surface area contributed by atoms with E-state index in [2.05, 4.69) is 0 Å². The maximum atomic E-state index is 14.8. The molecule has 3 nitrogen and oxygen atoms in total. The maximum absolute atomic E-state index is 14.8. The summed E-state index contributed by atoms with van der Waals surface area (Å²) in [5, 5.41) is 0. The molecule has 1 fully saturated rings. The Labute approximate surface area is 209 Å². The van der Waals surface area contributed by atoms with Gasteiger partial charge in [0.2, 0.25) is 5.82 Å². The first-order chi connectivity index (χ1) is 17.4. The molecular weight excluding hydrogens is 472 g/mol. The third-order valence-electron chi connectivity index (χ3n) is 6.81. The minimum atomic E-state index is -0.998. The molecule has 0 spiro atoms. The molecule has 7 heteroatoms. The first-order valence-electron chi connectivity index (χ1n) is 12.2. The van der Waals surface area contributed by atoms with Gasteiger partial charge >= 0.3 is 0 Å². The molecule has 3 aromatic carbocycles. The lowest BCUT2D eigenvalue weighted by molar-refractivity contribution is 0.0654. The normalized spacial score (nSPS) is 17.8. The summed E-state index contributed by atoms with van der Waals surface area (Å²) in [5.74, 6) is -3.93. The van der Waals surface area contributed by atoms with E-state index in [4.69, 9.17) is 14.2 Å². The van der Waals surface area contributed by atoms with Crippen LogP contribution in [0.3, 0.4) is 0 Å². The lowest BCUT2D eigenvalue weighted by Gasteiger charge is -2.28. The Balaban J connectivity index is 1.41. The summed E-state index contributed by atoms with van der Waals surface area (Å²) in [7, 11) is 1.67. The highest BCUT2D eigenvalue weighted by molar-refractivity contribution is 5.65. The van der Waals surface area contributed by atoms with Crippen LogP contribution >= 0.6 is 0 Å². The van der Waals surface area contributed by atoms with Gasteiger partial charge in [-0.05, 0) is 61.3 Å². The molecule has 192 valence electrons. The van der Waals surface area contributed by atoms with Gasteiger partial charge in [-0.3, -0.25) is 0 Å². The number of benzene rings is 3. The second kappa shape index (κ2) is 11.9. The van der Waals surface area contributed by atoms with Gasteiger partial charge in [0.15, 0.2) is 23.2 Å². The molecule has 0 saturated heterocycles. The van der Waals surface area contributed by atoms with Crippen LogP contribution in [0.1, 0.15) is 55.2 Å². The summed E-state index contributed by atoms with van der Waals surface area (Å²) in [6.45, 7) is 2.19. The molecule has 0 bridgehead atoms. The minimum Gasteiger partial charge on any atom is -0.486 e. The van der Waals surface area contributed by atoms with Crippen molar-refractivity contribution in [2.75, 3.05) is 13.7 Å². The van der Waals surface area contributed by atoms with Crippen LogP contribution in [0, 0.1) is 23.3 Å². The highest BCUT2D eigenvalue weighted by Gasteiger charge is 2.26. The van der Waals surface area contributed by atoms with Crippen molar-refractivity contribution in [1.29, 1.82) is 0 Å². The second-order valence-corrected chi connectivity index (χ2v) is 9.01. The highest BCUT2D eigenvalue weighted by atomic mass is 19.2. The smallest absolute Gasteiger partial charge is 0.200 e. The van der Waals surface area contributed by atoms with Crippen LogP contribution < -0.4 is 4.74 Å². The molecule has 0 aliphatic heterocycles. The van der Waals surface area contributed by atoms with Crippen molar-refractivity contribution in [1.82, 2.24) is 0 Å². The van der Waals surface area contributed by atoms with Gasteiger partial charge in [-0.2, -0.15) is 4.39 Å². The number of methoxy groups -OCH3 is 1. The van der Waals surface area contributed by atoms with Crippen molar-refractivity contribution >= 4 is 0 Å². The topological polar surface area (TPSA) is 27.7 Å². The second-order valence-electron chi connectivity index (χ2n) is 9.01. The number of ether oxygens (including phenoxy) is 3. The molecule has 36 heavy (non-hydrogen) atoms. The Bertz CT molecular complexity index is 1170. The molecule has 1 aliphatic rings. The van der Waals surface area contributed by atoms with Crippen LogP contribution in [0.5, 0.6) is 5.75 Å². The predicted molar refractivity (Wildman–Crippen MR) is 130 cm³/mol. The van der Waals surface area contributed by atoms with Gasteiger partial charge in [0, 0.05) is 24.8 Å². The molecule has 0 unspecified atom stereocenters. The van der Waals surface area contributed by atoms with Gasteiger partial charge in [-0.25, -0.2) is 13.2 Å². The zero-order valence-corrected chi connectivity index (χ0v) is 20.5. The fraction of sp³-hybridized carbons (Fsp3) is 0.379. The number of hydrogen-bond acceptors (Lipinski definition) is 3. The van der Waals surface area contributed by atoms with Crippen LogP contribution in [-0.2, 0) is 22.7 Å². The monoisotopic (exact) mass is 502 g/mol. The fourth-order valence-electron chi connectivity index (χ4n) is 4.66. The summed E-state index contributed by atoms with van der Waals surface area (Å²) in [5.41, 5.74) is 1.83. The van der Waals surface area contributed by atoms with Crippen molar-refractivity contribution < 1.29 is 31.8 Å². The van der Waals surface area contributed by atoms with Crippen LogP contribution in [0.4, 0.5) is 17.6 Å². The molecule has 3 aromatic rings. The average molecular weight is 503 g/mol. The first kappa shape index (κ1) is 26.2. The third kappa shape index (κ3) is 5.73. The Morgan fingerprint density at radius 1 is 0.750 bits per heavy atom. The van der Waals surface area contributed by atoms with Crippen molar-refractivity contribution in [3.8, 4) is 16.9 Å². The Kier molecular flexibility index (Phi) is 8.64. The van der Waals surface area contributed by atoms with Gasteiger partial charge in [-0.1, -0.05) is 42.5 Å². The van der Waals surface area contributed by atoms with Crippen molar-refractivity contribution in [3.63, 3.8) is 0 Å². The molecule has 0 radical (unpaired) electrons. The van der Waals surface area contributed by atoms with E-state index in [1.807, 2.05) is 0 Å². The summed E-state index contributed by atoms with van der Waals surface area (Å²) >= 11 is 0. The fourth-order valence-corrected chi connectivity index (χ4v) is 4.66. The van der Waals surface area contributed by atoms with Crippen LogP contribution in [0.2, 0.25) is 0 Å². The summed E-state index contributed by atoms with van der Waals surface area (Å²) in [6, 6.07) is 12.7. The van der Waals surface area contributed by atoms with Crippen molar-refractivity contribution in [2.45, 2.75) is 57.8 Å². The highest BCUT2D eigenvalue weighted by Crippen LogP contribution is 2.37. The van der Waals surface area contributed by atoms with E-state index in [9.17, 15) is 17.6 Å². The van der Waals surface area contributed by atoms with Crippen LogP contribution in [0.15, 0.2) is 48.5 Å². The van der Waals surface area contributed by atoms with E-state index in [-0.39, 0.29) is 42.1 Å². The van der Waals surface area contributed by atoms with Gasteiger partial charge in [-0.15, -0.1) is 0 Å². The third-order valence-corrected chi connectivity index (χ3v) is 6.81. The molecule has 1 saturated carbocycles. The van der Waals surface area contributed by atoms with Gasteiger partial charge in [0.25, 0.3) is 0 Å². The van der Waals surface area contributed by atoms with Crippen LogP contribution in [-0.4, -0.2) is 19.8 Å². The largest absolute Gasteiger partial charge is 0.486 e. The summed E-state index contributed by atoms with van der Waals surface area (Å²) < 4.78 is 74.5. The number of hydrogen-bond donors (Lipinski definition) is 0. The van der Waals surface area contributed by atoms with Crippen LogP contribution in [0.25, 0.3) is 11.1 Å². The molecular formula is C29H30F4O3. The average Bonchev–Trinajstić information content (AvgIpc) is 2.91. The minimum absolute atomic E-state index is 0.000921. The van der Waals surface area contributed by atoms with E-state index in [0.29, 0.717) is 23.3 Å². The molecule has 4 rings (SSSR count). The summed E-state index contributed by atoms with van der Waals surface area (Å²) in [4.78, 5) is 0. The SMILES string of the molecule is CCOCc1ccc(-c2ccc(COc3ccc(C4CCC(OC)CC4)c(F)c3F)cc2)c(F)c1F. The Hall–Kier alpha value is -2.90. The maximum Gasteiger partial charge on any atom is 0.200 e. The molecule has 1 aliphatic carbocycles. The van der Waals surface area contributed by atoms with E-state index in [1.54, 1.807) is 44.4 Å². The van der Waals surface area contributed by atoms with Gasteiger partial charge in [0.1, 0.15) is 6.61 Å². The Morgan fingerprint density at radius 3 is 2.14 bits per heavy atom. The first-order valence-corrected chi connectivity index (χ1v) is 12.2. The lowest BCUT2D eigenvalue weighted by Crippen LogP contribution is -2.20. The molecule has 0 atom stereocenters. The zero-order chi connectivity index (χ0) is 25.7. The lowest BCUT2D eigenvalue weighted by atomic mass is 9.82.